The van der Waals surface area contributed by atoms with Crippen molar-refractivity contribution >= 4 is 9.84 Å². The normalized spacial score (nSPS) is 14.6. The van der Waals surface area contributed by atoms with Crippen LogP contribution in [-0.4, -0.2) is 15.5 Å². The van der Waals surface area contributed by atoms with Crippen molar-refractivity contribution in [2.24, 2.45) is 0 Å². The van der Waals surface area contributed by atoms with Crippen molar-refractivity contribution in [1.82, 2.24) is 0 Å². The first-order valence-electron chi connectivity index (χ1n) is 11.7. The molecule has 0 aliphatic carbocycles. The summed E-state index contributed by atoms with van der Waals surface area (Å²) in [6.45, 7) is 31.8. The molecule has 0 atom stereocenters. The van der Waals surface area contributed by atoms with Crippen LogP contribution in [0.25, 0.3) is 0 Å². The summed E-state index contributed by atoms with van der Waals surface area (Å²) in [5.41, 5.74) is 2.65. The van der Waals surface area contributed by atoms with Gasteiger partial charge in [-0.2, -0.15) is 0 Å². The fourth-order valence-corrected chi connectivity index (χ4v) is 3.87. The van der Waals surface area contributed by atoms with Gasteiger partial charge >= 0.3 is 0 Å². The van der Waals surface area contributed by atoms with Crippen LogP contribution in [0.3, 0.4) is 0 Å². The van der Waals surface area contributed by atoms with E-state index in [-0.39, 0.29) is 15.6 Å². The number of rotatable bonds is 18. The number of allylic oxidation sites excluding steroid dienone is 19. The Morgan fingerprint density at radius 3 is 1.28 bits per heavy atom. The van der Waals surface area contributed by atoms with E-state index in [0.717, 1.165) is 16.7 Å². The molecule has 0 bridgehead atoms. The summed E-state index contributed by atoms with van der Waals surface area (Å²) in [5, 5.41) is 0. The summed E-state index contributed by atoms with van der Waals surface area (Å²) >= 11 is 0. The molecule has 39 heavy (non-hydrogen) atoms. The second-order valence-corrected chi connectivity index (χ2v) is 9.39. The van der Waals surface area contributed by atoms with E-state index >= 15 is 0 Å². The Morgan fingerprint density at radius 2 is 0.923 bits per heavy atom. The molecule has 0 aliphatic rings. The van der Waals surface area contributed by atoms with E-state index in [0.29, 0.717) is 11.5 Å². The van der Waals surface area contributed by atoms with Crippen LogP contribution in [0.4, 0.5) is 0 Å². The Kier molecular flexibility index (Phi) is 16.4. The highest BCUT2D eigenvalue weighted by Gasteiger charge is 2.18. The molecule has 0 radical (unpaired) electrons. The number of hydrogen-bond donors (Lipinski definition) is 0. The third kappa shape index (κ3) is 11.5. The largest absolute Gasteiger partial charge is 0.497 e. The van der Waals surface area contributed by atoms with Gasteiger partial charge in [0.05, 0.1) is 16.9 Å². The second-order valence-electron chi connectivity index (χ2n) is 7.44. The molecular weight excluding hydrogens is 504 g/mol. The van der Waals surface area contributed by atoms with Crippen molar-refractivity contribution in [3.05, 3.63) is 194 Å². The lowest BCUT2D eigenvalue weighted by Crippen LogP contribution is -2.04. The first-order valence-corrected chi connectivity index (χ1v) is 13.2. The van der Waals surface area contributed by atoms with Crippen molar-refractivity contribution in [1.29, 1.82) is 0 Å². The smallest absolute Gasteiger partial charge is 0.206 e. The molecule has 0 unspecified atom stereocenters. The standard InChI is InChI=1S/C34H38O4S/c1-11-27(9)19-20-28(12-2)29(13-3)21-22-31(15-5)38-32(16-6)24-26-34(18-8)39(35,36)33(17-7)25-23-30(14-4)37-10/h11-26H,1-8H2,9-10H3/b27-19-,28-20+,29-21+,30-23+,31-22+,32-24+,33-25+,34-26+. The molecule has 5 heteroatoms. The van der Waals surface area contributed by atoms with E-state index in [1.807, 2.05) is 19.1 Å². The highest BCUT2D eigenvalue weighted by molar-refractivity contribution is 7.99. The van der Waals surface area contributed by atoms with Gasteiger partial charge < -0.3 is 9.47 Å². The number of sulfone groups is 1. The van der Waals surface area contributed by atoms with Crippen molar-refractivity contribution in [2.75, 3.05) is 7.11 Å². The van der Waals surface area contributed by atoms with Crippen LogP contribution >= 0.6 is 0 Å². The highest BCUT2D eigenvalue weighted by Crippen LogP contribution is 2.21. The molecule has 4 nitrogen and oxygen atoms in total. The molecular formula is C34H38O4S. The predicted molar refractivity (Wildman–Crippen MR) is 169 cm³/mol. The SMILES string of the molecule is C=C\C(C)=C/C=C(C=C)/C(C=C)=C/C=C(\C=C)O/C(C=C)=C/C=C(\C=C)S(=O)(=O)/C(C=C)=C/C=C(\C=C)OC. The Hall–Kier alpha value is -4.61. The minimum absolute atomic E-state index is 0.0440. The third-order valence-corrected chi connectivity index (χ3v) is 6.82. The van der Waals surface area contributed by atoms with Crippen LogP contribution in [0.5, 0.6) is 0 Å². The van der Waals surface area contributed by atoms with Crippen molar-refractivity contribution in [3.63, 3.8) is 0 Å². The van der Waals surface area contributed by atoms with Gasteiger partial charge in [0.25, 0.3) is 0 Å². The summed E-state index contributed by atoms with van der Waals surface area (Å²) in [6.07, 6.45) is 25.1. The lowest BCUT2D eigenvalue weighted by atomic mass is 10.0. The molecule has 0 spiro atoms. The minimum atomic E-state index is -3.93. The molecule has 0 amide bonds. The lowest BCUT2D eigenvalue weighted by Gasteiger charge is -2.08. The zero-order valence-electron chi connectivity index (χ0n) is 22.9. The molecule has 0 saturated heterocycles. The van der Waals surface area contributed by atoms with Crippen LogP contribution in [0.1, 0.15) is 6.92 Å². The molecule has 0 aromatic carbocycles. The molecule has 0 aromatic rings. The predicted octanol–water partition coefficient (Wildman–Crippen LogP) is 8.77. The zero-order valence-corrected chi connectivity index (χ0v) is 23.8. The van der Waals surface area contributed by atoms with Gasteiger partial charge in [-0.15, -0.1) is 0 Å². The number of methoxy groups -OCH3 is 1. The van der Waals surface area contributed by atoms with Gasteiger partial charge in [-0.05, 0) is 66.7 Å². The molecule has 0 heterocycles. The summed E-state index contributed by atoms with van der Waals surface area (Å²) in [4.78, 5) is -0.110. The quantitative estimate of drug-likeness (QED) is 0.128. The molecule has 0 rings (SSSR count). The minimum Gasteiger partial charge on any atom is -0.497 e. The zero-order chi connectivity index (χ0) is 29.8. The maximum absolute atomic E-state index is 13.1. The summed E-state index contributed by atoms with van der Waals surface area (Å²) in [6, 6.07) is 0. The van der Waals surface area contributed by atoms with Gasteiger partial charge in [-0.1, -0.05) is 107 Å². The monoisotopic (exact) mass is 542 g/mol. The first kappa shape index (κ1) is 34.4. The van der Waals surface area contributed by atoms with Crippen LogP contribution in [0.2, 0.25) is 0 Å². The van der Waals surface area contributed by atoms with E-state index in [4.69, 9.17) is 9.47 Å². The van der Waals surface area contributed by atoms with Crippen molar-refractivity contribution in [3.8, 4) is 0 Å². The summed E-state index contributed by atoms with van der Waals surface area (Å²) < 4.78 is 37.2. The van der Waals surface area contributed by atoms with E-state index in [1.54, 1.807) is 30.4 Å². The summed E-state index contributed by atoms with van der Waals surface area (Å²) in [7, 11) is -2.47. The number of hydrogen-bond acceptors (Lipinski definition) is 4. The van der Waals surface area contributed by atoms with Gasteiger partial charge in [0, 0.05) is 0 Å². The number of ether oxygens (including phenoxy) is 2. The van der Waals surface area contributed by atoms with Gasteiger partial charge in [-0.3, -0.25) is 0 Å². The van der Waals surface area contributed by atoms with E-state index in [9.17, 15) is 8.42 Å². The van der Waals surface area contributed by atoms with Gasteiger partial charge in [0.2, 0.25) is 9.84 Å². The molecule has 0 aliphatic heterocycles. The Labute approximate surface area is 235 Å². The fraction of sp³-hybridized carbons (Fsp3) is 0.0588. The molecule has 0 aromatic heterocycles. The average Bonchev–Trinajstić information content (AvgIpc) is 2.94. The fourth-order valence-electron chi connectivity index (χ4n) is 2.67. The highest BCUT2D eigenvalue weighted by atomic mass is 32.2. The van der Waals surface area contributed by atoms with E-state index in [2.05, 4.69) is 52.6 Å². The van der Waals surface area contributed by atoms with Crippen molar-refractivity contribution in [2.45, 2.75) is 6.92 Å². The maximum Gasteiger partial charge on any atom is 0.206 e. The molecule has 0 N–H and O–H groups in total. The Bertz CT molecular complexity index is 1350. The third-order valence-electron chi connectivity index (χ3n) is 4.97. The van der Waals surface area contributed by atoms with Crippen molar-refractivity contribution < 1.29 is 17.9 Å². The van der Waals surface area contributed by atoms with Gasteiger partial charge in [-0.25, -0.2) is 8.42 Å². The summed E-state index contributed by atoms with van der Waals surface area (Å²) in [5.74, 6) is 1.07. The van der Waals surface area contributed by atoms with Crippen LogP contribution in [-0.2, 0) is 19.3 Å². The van der Waals surface area contributed by atoms with Gasteiger partial charge in [0.1, 0.15) is 17.3 Å². The molecule has 0 saturated carbocycles. The maximum atomic E-state index is 13.1. The van der Waals surface area contributed by atoms with Crippen LogP contribution in [0.15, 0.2) is 194 Å². The molecule has 204 valence electrons. The Balaban J connectivity index is 6.38. The lowest BCUT2D eigenvalue weighted by molar-refractivity contribution is 0.307. The second kappa shape index (κ2) is 18.6. The Morgan fingerprint density at radius 1 is 0.513 bits per heavy atom. The van der Waals surface area contributed by atoms with Crippen LogP contribution < -0.4 is 0 Å². The average molecular weight is 543 g/mol. The molecule has 0 fully saturated rings. The van der Waals surface area contributed by atoms with Crippen LogP contribution in [0, 0.1) is 0 Å². The van der Waals surface area contributed by atoms with E-state index in [1.165, 1.54) is 61.8 Å². The first-order chi connectivity index (χ1) is 18.6. The van der Waals surface area contributed by atoms with Gasteiger partial charge in [0.15, 0.2) is 0 Å². The topological polar surface area (TPSA) is 52.6 Å². The van der Waals surface area contributed by atoms with E-state index < -0.39 is 9.84 Å².